The highest BCUT2D eigenvalue weighted by Gasteiger charge is 2.10. The largest absolute Gasteiger partial charge is 0.294 e. The molecule has 5 heteroatoms. The summed E-state index contributed by atoms with van der Waals surface area (Å²) in [6.45, 7) is 3.19. The lowest BCUT2D eigenvalue weighted by Gasteiger charge is -2.05. The van der Waals surface area contributed by atoms with Crippen LogP contribution in [0.4, 0.5) is 4.39 Å². The second-order valence-corrected chi connectivity index (χ2v) is 4.82. The van der Waals surface area contributed by atoms with Gasteiger partial charge in [-0.05, 0) is 32.0 Å². The smallest absolute Gasteiger partial charge is 0.163 e. The van der Waals surface area contributed by atoms with Crippen molar-refractivity contribution in [3.05, 3.63) is 45.9 Å². The molecule has 0 saturated heterocycles. The second-order valence-electron chi connectivity index (χ2n) is 3.91. The number of carbonyl (C=O) groups is 1. The van der Waals surface area contributed by atoms with Crippen molar-refractivity contribution in [1.82, 2.24) is 9.97 Å². The number of nitrogens with zero attached hydrogens (tertiary/aromatic N) is 2. The van der Waals surface area contributed by atoms with Gasteiger partial charge in [-0.2, -0.15) is 0 Å². The molecule has 18 heavy (non-hydrogen) atoms. The molecular formula is C13H10BrFN2O. The average molecular weight is 309 g/mol. The molecule has 2 aromatic rings. The third kappa shape index (κ3) is 2.61. The molecule has 0 unspecified atom stereocenters. The maximum absolute atomic E-state index is 13.3. The van der Waals surface area contributed by atoms with E-state index in [1.807, 2.05) is 0 Å². The lowest BCUT2D eigenvalue weighted by molar-refractivity contribution is 0.101. The SMILES string of the molecule is CC(=O)c1cnc(-c2cc(F)cc(Br)c2)nc1C. The molecule has 0 spiro atoms. The lowest BCUT2D eigenvalue weighted by Crippen LogP contribution is -2.02. The second kappa shape index (κ2) is 4.94. The van der Waals surface area contributed by atoms with Gasteiger partial charge in [-0.3, -0.25) is 4.79 Å². The van der Waals surface area contributed by atoms with Crippen molar-refractivity contribution in [2.75, 3.05) is 0 Å². The molecule has 0 N–H and O–H groups in total. The fourth-order valence-corrected chi connectivity index (χ4v) is 2.10. The molecular weight excluding hydrogens is 299 g/mol. The van der Waals surface area contributed by atoms with Crippen LogP contribution in [-0.4, -0.2) is 15.8 Å². The zero-order chi connectivity index (χ0) is 13.3. The van der Waals surface area contributed by atoms with Gasteiger partial charge in [0.15, 0.2) is 11.6 Å². The first-order valence-corrected chi connectivity index (χ1v) is 6.07. The Kier molecular flexibility index (Phi) is 3.52. The van der Waals surface area contributed by atoms with E-state index in [4.69, 9.17) is 0 Å². The molecule has 3 nitrogen and oxygen atoms in total. The Morgan fingerprint density at radius 1 is 1.33 bits per heavy atom. The summed E-state index contributed by atoms with van der Waals surface area (Å²) in [7, 11) is 0. The van der Waals surface area contributed by atoms with Gasteiger partial charge in [0.1, 0.15) is 5.82 Å². The first-order chi connectivity index (χ1) is 8.47. The number of aromatic nitrogens is 2. The van der Waals surface area contributed by atoms with Crippen LogP contribution in [0.15, 0.2) is 28.9 Å². The van der Waals surface area contributed by atoms with E-state index in [9.17, 15) is 9.18 Å². The molecule has 1 aromatic heterocycles. The van der Waals surface area contributed by atoms with Gasteiger partial charge in [0.2, 0.25) is 0 Å². The molecule has 0 aliphatic carbocycles. The summed E-state index contributed by atoms with van der Waals surface area (Å²) in [5.74, 6) is -0.0477. The summed E-state index contributed by atoms with van der Waals surface area (Å²) in [5, 5.41) is 0. The quantitative estimate of drug-likeness (QED) is 0.797. The summed E-state index contributed by atoms with van der Waals surface area (Å²) >= 11 is 3.22. The minimum atomic E-state index is -0.365. The van der Waals surface area contributed by atoms with Crippen molar-refractivity contribution in [2.45, 2.75) is 13.8 Å². The minimum absolute atomic E-state index is 0.0838. The Bertz CT molecular complexity index is 608. The summed E-state index contributed by atoms with van der Waals surface area (Å²) in [5.41, 5.74) is 1.64. The number of Topliss-reactive ketones (excluding diaryl/α,β-unsaturated/α-hetero) is 1. The van der Waals surface area contributed by atoms with Crippen molar-refractivity contribution >= 4 is 21.7 Å². The highest BCUT2D eigenvalue weighted by atomic mass is 79.9. The van der Waals surface area contributed by atoms with Crippen LogP contribution in [0, 0.1) is 12.7 Å². The van der Waals surface area contributed by atoms with Crippen LogP contribution < -0.4 is 0 Å². The number of hydrogen-bond acceptors (Lipinski definition) is 3. The monoisotopic (exact) mass is 308 g/mol. The predicted octanol–water partition coefficient (Wildman–Crippen LogP) is 3.56. The van der Waals surface area contributed by atoms with E-state index < -0.39 is 0 Å². The molecule has 0 aliphatic rings. The maximum Gasteiger partial charge on any atom is 0.163 e. The molecule has 92 valence electrons. The summed E-state index contributed by atoms with van der Waals surface area (Å²) in [6.07, 6.45) is 1.47. The lowest BCUT2D eigenvalue weighted by atomic mass is 10.1. The number of hydrogen-bond donors (Lipinski definition) is 0. The van der Waals surface area contributed by atoms with Crippen LogP contribution in [0.25, 0.3) is 11.4 Å². The van der Waals surface area contributed by atoms with E-state index in [1.54, 1.807) is 13.0 Å². The molecule has 0 fully saturated rings. The highest BCUT2D eigenvalue weighted by Crippen LogP contribution is 2.22. The van der Waals surface area contributed by atoms with Crippen molar-refractivity contribution < 1.29 is 9.18 Å². The normalized spacial score (nSPS) is 10.4. The Morgan fingerprint density at radius 3 is 2.61 bits per heavy atom. The van der Waals surface area contributed by atoms with Gasteiger partial charge in [-0.25, -0.2) is 14.4 Å². The van der Waals surface area contributed by atoms with E-state index in [0.717, 1.165) is 0 Å². The summed E-state index contributed by atoms with van der Waals surface area (Å²) in [4.78, 5) is 19.6. The molecule has 0 radical (unpaired) electrons. The molecule has 1 aromatic carbocycles. The first-order valence-electron chi connectivity index (χ1n) is 5.28. The third-order valence-electron chi connectivity index (χ3n) is 2.48. The first kappa shape index (κ1) is 12.8. The number of carbonyl (C=O) groups excluding carboxylic acids is 1. The van der Waals surface area contributed by atoms with Gasteiger partial charge < -0.3 is 0 Å². The zero-order valence-corrected chi connectivity index (χ0v) is 11.5. The van der Waals surface area contributed by atoms with Crippen LogP contribution in [0.3, 0.4) is 0 Å². The molecule has 2 rings (SSSR count). The van der Waals surface area contributed by atoms with Gasteiger partial charge in [-0.1, -0.05) is 15.9 Å². The van der Waals surface area contributed by atoms with Crippen molar-refractivity contribution in [2.24, 2.45) is 0 Å². The van der Waals surface area contributed by atoms with Crippen molar-refractivity contribution in [1.29, 1.82) is 0 Å². The van der Waals surface area contributed by atoms with E-state index in [0.29, 0.717) is 27.1 Å². The van der Waals surface area contributed by atoms with E-state index >= 15 is 0 Å². The van der Waals surface area contributed by atoms with Gasteiger partial charge in [-0.15, -0.1) is 0 Å². The van der Waals surface area contributed by atoms with E-state index in [-0.39, 0.29) is 11.6 Å². The topological polar surface area (TPSA) is 42.9 Å². The maximum atomic E-state index is 13.3. The van der Waals surface area contributed by atoms with Gasteiger partial charge >= 0.3 is 0 Å². The minimum Gasteiger partial charge on any atom is -0.294 e. The number of halogens is 2. The fraction of sp³-hybridized carbons (Fsp3) is 0.154. The van der Waals surface area contributed by atoms with Crippen LogP contribution >= 0.6 is 15.9 Å². The van der Waals surface area contributed by atoms with Crippen LogP contribution in [0.2, 0.25) is 0 Å². The zero-order valence-electron chi connectivity index (χ0n) is 9.87. The van der Waals surface area contributed by atoms with Gasteiger partial charge in [0.25, 0.3) is 0 Å². The summed E-state index contributed by atoms with van der Waals surface area (Å²) in [6, 6.07) is 4.44. The number of ketones is 1. The van der Waals surface area contributed by atoms with E-state index in [2.05, 4.69) is 25.9 Å². The van der Waals surface area contributed by atoms with Crippen LogP contribution in [0.5, 0.6) is 0 Å². The molecule has 0 amide bonds. The number of rotatable bonds is 2. The predicted molar refractivity (Wildman–Crippen MR) is 69.9 cm³/mol. The van der Waals surface area contributed by atoms with Gasteiger partial charge in [0.05, 0.1) is 11.3 Å². The van der Waals surface area contributed by atoms with Gasteiger partial charge in [0, 0.05) is 16.2 Å². The molecule has 0 atom stereocenters. The van der Waals surface area contributed by atoms with E-state index in [1.165, 1.54) is 25.3 Å². The number of benzene rings is 1. The van der Waals surface area contributed by atoms with Crippen molar-refractivity contribution in [3.8, 4) is 11.4 Å². The molecule has 1 heterocycles. The fourth-order valence-electron chi connectivity index (χ4n) is 1.63. The third-order valence-corrected chi connectivity index (χ3v) is 2.94. The molecule has 0 aliphatic heterocycles. The summed E-state index contributed by atoms with van der Waals surface area (Å²) < 4.78 is 13.9. The average Bonchev–Trinajstić information content (AvgIpc) is 2.26. The van der Waals surface area contributed by atoms with Crippen LogP contribution in [-0.2, 0) is 0 Å². The number of aryl methyl sites for hydroxylation is 1. The molecule has 0 bridgehead atoms. The van der Waals surface area contributed by atoms with Crippen LogP contribution in [0.1, 0.15) is 23.0 Å². The Morgan fingerprint density at radius 2 is 2.06 bits per heavy atom. The highest BCUT2D eigenvalue weighted by molar-refractivity contribution is 9.10. The Balaban J connectivity index is 2.52. The standard InChI is InChI=1S/C13H10BrFN2O/c1-7-12(8(2)18)6-16-13(17-7)9-3-10(14)5-11(15)4-9/h3-6H,1-2H3. The van der Waals surface area contributed by atoms with Crippen molar-refractivity contribution in [3.63, 3.8) is 0 Å². The Hall–Kier alpha value is -1.62. The molecule has 0 saturated carbocycles. The Labute approximate surface area is 112 Å².